The second kappa shape index (κ2) is 4.94. The minimum absolute atomic E-state index is 0.0718. The molecule has 7 heteroatoms. The average Bonchev–Trinajstić information content (AvgIpc) is 2.47. The third-order valence-electron chi connectivity index (χ3n) is 3.25. The van der Waals surface area contributed by atoms with Gasteiger partial charge in [0.1, 0.15) is 16.8 Å². The van der Waals surface area contributed by atoms with Gasteiger partial charge in [0.2, 0.25) is 11.2 Å². The van der Waals surface area contributed by atoms with Crippen LogP contribution in [0.5, 0.6) is 5.75 Å². The van der Waals surface area contributed by atoms with Crippen LogP contribution in [-0.2, 0) is 4.74 Å². The van der Waals surface area contributed by atoms with E-state index in [-0.39, 0.29) is 34.6 Å². The number of esters is 1. The van der Waals surface area contributed by atoms with Gasteiger partial charge in [-0.2, -0.15) is 4.39 Å². The molecule has 1 aromatic heterocycles. The zero-order valence-corrected chi connectivity index (χ0v) is 11.8. The zero-order valence-electron chi connectivity index (χ0n) is 11.8. The molecule has 0 bridgehead atoms. The first-order valence-corrected chi connectivity index (χ1v) is 6.54. The summed E-state index contributed by atoms with van der Waals surface area (Å²) in [6, 6.07) is 0.758. The number of carbonyl (C=O) groups excluding carboxylic acids is 1. The van der Waals surface area contributed by atoms with E-state index in [4.69, 9.17) is 9.47 Å². The van der Waals surface area contributed by atoms with Gasteiger partial charge in [0.25, 0.3) is 0 Å². The number of ether oxygens (including phenoxy) is 2. The van der Waals surface area contributed by atoms with Gasteiger partial charge in [-0.15, -0.1) is 0 Å². The van der Waals surface area contributed by atoms with Gasteiger partial charge in [0.15, 0.2) is 11.6 Å². The molecule has 0 radical (unpaired) electrons. The van der Waals surface area contributed by atoms with E-state index in [9.17, 15) is 18.4 Å². The fourth-order valence-corrected chi connectivity index (χ4v) is 2.36. The molecule has 114 valence electrons. The first-order valence-electron chi connectivity index (χ1n) is 6.54. The quantitative estimate of drug-likeness (QED) is 0.800. The van der Waals surface area contributed by atoms with Crippen LogP contribution in [0.15, 0.2) is 22.8 Å². The Labute approximate surface area is 123 Å². The molecule has 22 heavy (non-hydrogen) atoms. The van der Waals surface area contributed by atoms with Gasteiger partial charge in [0, 0.05) is 12.4 Å². The minimum atomic E-state index is -1.22. The van der Waals surface area contributed by atoms with Crippen molar-refractivity contribution >= 4 is 23.1 Å². The molecule has 1 aliphatic heterocycles. The second-order valence-electron chi connectivity index (χ2n) is 4.74. The molecule has 0 amide bonds. The number of halogens is 2. The van der Waals surface area contributed by atoms with Gasteiger partial charge >= 0.3 is 5.97 Å². The number of hydrogen-bond acceptors (Lipinski definition) is 4. The number of rotatable bonds is 2. The third-order valence-corrected chi connectivity index (χ3v) is 3.25. The molecule has 3 rings (SSSR count). The highest BCUT2D eigenvalue weighted by Gasteiger charge is 2.25. The summed E-state index contributed by atoms with van der Waals surface area (Å²) in [5, 5.41) is -0.150. The summed E-state index contributed by atoms with van der Waals surface area (Å²) < 4.78 is 39.0. The number of benzene rings is 1. The number of hydrogen-bond donors (Lipinski definition) is 0. The highest BCUT2D eigenvalue weighted by Crippen LogP contribution is 2.34. The fourth-order valence-electron chi connectivity index (χ4n) is 2.36. The Morgan fingerprint density at radius 2 is 2.14 bits per heavy atom. The van der Waals surface area contributed by atoms with Gasteiger partial charge in [-0.25, -0.2) is 9.18 Å². The average molecular weight is 307 g/mol. The molecule has 0 unspecified atom stereocenters. The highest BCUT2D eigenvalue weighted by atomic mass is 19.2. The predicted octanol–water partition coefficient (Wildman–Crippen LogP) is 2.67. The van der Waals surface area contributed by atoms with Crippen LogP contribution in [0, 0.1) is 11.6 Å². The topological polar surface area (TPSA) is 57.5 Å². The van der Waals surface area contributed by atoms with E-state index >= 15 is 0 Å². The molecule has 0 N–H and O–H groups in total. The van der Waals surface area contributed by atoms with Crippen molar-refractivity contribution in [1.82, 2.24) is 4.57 Å². The molecule has 0 aliphatic carbocycles. The maximum atomic E-state index is 13.9. The minimum Gasteiger partial charge on any atom is -0.462 e. The second-order valence-corrected chi connectivity index (χ2v) is 4.74. The predicted molar refractivity (Wildman–Crippen MR) is 74.7 cm³/mol. The van der Waals surface area contributed by atoms with Crippen LogP contribution in [0.1, 0.15) is 24.2 Å². The Kier molecular flexibility index (Phi) is 3.20. The van der Waals surface area contributed by atoms with Crippen LogP contribution in [0.2, 0.25) is 0 Å². The van der Waals surface area contributed by atoms with Gasteiger partial charge in [-0.05, 0) is 19.9 Å². The molecule has 0 fully saturated rings. The Balaban J connectivity index is 2.43. The molecule has 0 atom stereocenters. The standard InChI is InChI=1S/C15H11F2NO4/c1-3-21-15(20)9-6-18-5-7(2)22-14-11(17)10(16)4-8(12(14)18)13(9)19/h4-6H,3H2,1-2H3. The Morgan fingerprint density at radius 3 is 2.82 bits per heavy atom. The molecular weight excluding hydrogens is 296 g/mol. The number of aromatic nitrogens is 1. The Hall–Kier alpha value is -2.70. The normalized spacial score (nSPS) is 12.8. The molecule has 0 saturated heterocycles. The largest absolute Gasteiger partial charge is 0.462 e. The summed E-state index contributed by atoms with van der Waals surface area (Å²) in [5.41, 5.74) is -0.916. The van der Waals surface area contributed by atoms with Gasteiger partial charge < -0.3 is 14.0 Å². The van der Waals surface area contributed by atoms with E-state index in [0.29, 0.717) is 0 Å². The van der Waals surface area contributed by atoms with Crippen LogP contribution in [0.3, 0.4) is 0 Å². The maximum Gasteiger partial charge on any atom is 0.343 e. The smallest absolute Gasteiger partial charge is 0.343 e. The van der Waals surface area contributed by atoms with Crippen LogP contribution in [0.4, 0.5) is 8.78 Å². The summed E-state index contributed by atoms with van der Waals surface area (Å²) >= 11 is 0. The first-order chi connectivity index (χ1) is 10.4. The van der Waals surface area contributed by atoms with Crippen molar-refractivity contribution in [2.75, 3.05) is 6.61 Å². The molecule has 2 heterocycles. The third kappa shape index (κ3) is 1.97. The van der Waals surface area contributed by atoms with Crippen molar-refractivity contribution in [1.29, 1.82) is 0 Å². The molecule has 5 nitrogen and oxygen atoms in total. The monoisotopic (exact) mass is 307 g/mol. The number of pyridine rings is 1. The lowest BCUT2D eigenvalue weighted by Gasteiger charge is -2.19. The summed E-state index contributed by atoms with van der Waals surface area (Å²) in [7, 11) is 0. The lowest BCUT2D eigenvalue weighted by molar-refractivity contribution is 0.0524. The van der Waals surface area contributed by atoms with E-state index in [2.05, 4.69) is 0 Å². The van der Waals surface area contributed by atoms with Crippen LogP contribution >= 0.6 is 0 Å². The lowest BCUT2D eigenvalue weighted by Crippen LogP contribution is -2.22. The Morgan fingerprint density at radius 1 is 1.41 bits per heavy atom. The maximum absolute atomic E-state index is 13.9. The van der Waals surface area contributed by atoms with Crippen LogP contribution in [0.25, 0.3) is 17.1 Å². The van der Waals surface area contributed by atoms with Crippen molar-refractivity contribution in [2.24, 2.45) is 0 Å². The van der Waals surface area contributed by atoms with Gasteiger partial charge in [-0.3, -0.25) is 4.79 Å². The molecule has 1 aromatic carbocycles. The number of nitrogens with zero attached hydrogens (tertiary/aromatic N) is 1. The summed E-state index contributed by atoms with van der Waals surface area (Å²) in [5.74, 6) is -3.31. The molecule has 2 aromatic rings. The molecule has 1 aliphatic rings. The van der Waals surface area contributed by atoms with Crippen LogP contribution < -0.4 is 10.2 Å². The van der Waals surface area contributed by atoms with E-state index in [1.807, 2.05) is 0 Å². The molecular formula is C15H11F2NO4. The van der Waals surface area contributed by atoms with Crippen molar-refractivity contribution in [3.05, 3.63) is 45.4 Å². The summed E-state index contributed by atoms with van der Waals surface area (Å²) in [6.45, 7) is 3.24. The van der Waals surface area contributed by atoms with E-state index < -0.39 is 23.0 Å². The molecule has 0 spiro atoms. The van der Waals surface area contributed by atoms with Crippen molar-refractivity contribution < 1.29 is 23.0 Å². The molecule has 0 saturated carbocycles. The summed E-state index contributed by atoms with van der Waals surface area (Å²) in [4.78, 5) is 24.2. The zero-order chi connectivity index (χ0) is 16.0. The van der Waals surface area contributed by atoms with Gasteiger partial charge in [0.05, 0.1) is 12.0 Å². The van der Waals surface area contributed by atoms with E-state index in [1.54, 1.807) is 13.8 Å². The van der Waals surface area contributed by atoms with E-state index in [1.165, 1.54) is 17.0 Å². The SMILES string of the molecule is CCOC(=O)c1cn2c3c(c(F)c(F)cc3c1=O)OC(C)=C2. The highest BCUT2D eigenvalue weighted by molar-refractivity contribution is 5.96. The fraction of sp³-hybridized carbons (Fsp3) is 0.200. The van der Waals surface area contributed by atoms with Crippen molar-refractivity contribution in [2.45, 2.75) is 13.8 Å². The van der Waals surface area contributed by atoms with Crippen LogP contribution in [-0.4, -0.2) is 17.1 Å². The lowest BCUT2D eigenvalue weighted by atomic mass is 10.1. The van der Waals surface area contributed by atoms with E-state index in [0.717, 1.165) is 6.07 Å². The number of carbonyl (C=O) groups is 1. The summed E-state index contributed by atoms with van der Waals surface area (Å²) in [6.07, 6.45) is 2.70. The Bertz CT molecular complexity index is 899. The van der Waals surface area contributed by atoms with Crippen molar-refractivity contribution in [3.63, 3.8) is 0 Å². The first kappa shape index (κ1) is 14.2. The number of allylic oxidation sites excluding steroid dienone is 1. The van der Waals surface area contributed by atoms with Crippen molar-refractivity contribution in [3.8, 4) is 5.75 Å². The van der Waals surface area contributed by atoms with Gasteiger partial charge in [-0.1, -0.05) is 0 Å².